The molecular formula is C7H12ClNO. The number of ether oxygens (including phenoxy) is 1. The molecule has 0 saturated carbocycles. The van der Waals surface area contributed by atoms with Crippen LogP contribution in [0.4, 0.5) is 0 Å². The number of halogens is 1. The van der Waals surface area contributed by atoms with Crippen LogP contribution in [0.3, 0.4) is 0 Å². The van der Waals surface area contributed by atoms with Gasteiger partial charge in [-0.05, 0) is 0 Å². The van der Waals surface area contributed by atoms with Crippen molar-refractivity contribution in [2.75, 3.05) is 19.8 Å². The first-order chi connectivity index (χ1) is 4.47. The standard InChI is InChI=1S/C7H11NO.ClH/c1-2-6-4-9-5-7(6)8-3-1;/h1-2,6-8H,3-5H2;1H/t6-,7+;/m0./s1. The number of hydrogen-bond donors (Lipinski definition) is 1. The molecule has 2 heterocycles. The second kappa shape index (κ2) is 3.37. The van der Waals surface area contributed by atoms with E-state index in [0.717, 1.165) is 19.8 Å². The first-order valence-electron chi connectivity index (χ1n) is 3.44. The minimum atomic E-state index is 0. The average molecular weight is 162 g/mol. The molecule has 0 aromatic rings. The fourth-order valence-corrected chi connectivity index (χ4v) is 1.43. The van der Waals surface area contributed by atoms with Crippen molar-refractivity contribution in [3.05, 3.63) is 12.2 Å². The summed E-state index contributed by atoms with van der Waals surface area (Å²) >= 11 is 0. The van der Waals surface area contributed by atoms with E-state index in [-0.39, 0.29) is 12.4 Å². The Bertz CT molecular complexity index is 138. The van der Waals surface area contributed by atoms with Gasteiger partial charge in [0.15, 0.2) is 0 Å². The molecule has 0 aromatic heterocycles. The number of fused-ring (bicyclic) bond motifs is 1. The van der Waals surface area contributed by atoms with Gasteiger partial charge in [0.05, 0.1) is 13.2 Å². The highest BCUT2D eigenvalue weighted by atomic mass is 35.5. The Labute approximate surface area is 67.0 Å². The molecule has 58 valence electrons. The van der Waals surface area contributed by atoms with Gasteiger partial charge in [0.1, 0.15) is 0 Å². The molecule has 0 aromatic carbocycles. The zero-order valence-electron chi connectivity index (χ0n) is 5.75. The van der Waals surface area contributed by atoms with Gasteiger partial charge < -0.3 is 10.1 Å². The molecule has 0 bridgehead atoms. The van der Waals surface area contributed by atoms with Crippen molar-refractivity contribution in [1.82, 2.24) is 5.32 Å². The van der Waals surface area contributed by atoms with E-state index in [4.69, 9.17) is 4.74 Å². The molecule has 1 saturated heterocycles. The third-order valence-corrected chi connectivity index (χ3v) is 2.01. The fraction of sp³-hybridized carbons (Fsp3) is 0.714. The van der Waals surface area contributed by atoms with Gasteiger partial charge >= 0.3 is 0 Å². The molecule has 0 spiro atoms. The summed E-state index contributed by atoms with van der Waals surface area (Å²) < 4.78 is 5.28. The maximum absolute atomic E-state index is 5.28. The highest BCUT2D eigenvalue weighted by Gasteiger charge is 2.26. The Morgan fingerprint density at radius 2 is 2.30 bits per heavy atom. The maximum atomic E-state index is 5.28. The Balaban J connectivity index is 0.000000500. The van der Waals surface area contributed by atoms with Gasteiger partial charge in [-0.3, -0.25) is 0 Å². The summed E-state index contributed by atoms with van der Waals surface area (Å²) in [6.07, 6.45) is 4.43. The smallest absolute Gasteiger partial charge is 0.0626 e. The highest BCUT2D eigenvalue weighted by molar-refractivity contribution is 5.85. The SMILES string of the molecule is C1=C[C@H]2COC[C@H]2NC1.Cl. The van der Waals surface area contributed by atoms with E-state index in [1.807, 2.05) is 0 Å². The molecule has 2 rings (SSSR count). The van der Waals surface area contributed by atoms with Crippen molar-refractivity contribution in [2.24, 2.45) is 5.92 Å². The summed E-state index contributed by atoms with van der Waals surface area (Å²) in [5, 5.41) is 3.37. The number of nitrogens with one attached hydrogen (secondary N) is 1. The van der Waals surface area contributed by atoms with Gasteiger partial charge in [-0.2, -0.15) is 0 Å². The highest BCUT2D eigenvalue weighted by Crippen LogP contribution is 2.16. The third kappa shape index (κ3) is 1.34. The number of hydrogen-bond acceptors (Lipinski definition) is 2. The monoisotopic (exact) mass is 161 g/mol. The fourth-order valence-electron chi connectivity index (χ4n) is 1.43. The van der Waals surface area contributed by atoms with Crippen LogP contribution in [0.25, 0.3) is 0 Å². The van der Waals surface area contributed by atoms with E-state index in [2.05, 4.69) is 17.5 Å². The largest absolute Gasteiger partial charge is 0.379 e. The van der Waals surface area contributed by atoms with E-state index >= 15 is 0 Å². The topological polar surface area (TPSA) is 21.3 Å². The second-order valence-electron chi connectivity index (χ2n) is 2.64. The van der Waals surface area contributed by atoms with Gasteiger partial charge in [0.25, 0.3) is 0 Å². The molecule has 0 unspecified atom stereocenters. The Morgan fingerprint density at radius 3 is 3.10 bits per heavy atom. The van der Waals surface area contributed by atoms with Gasteiger partial charge in [0, 0.05) is 18.5 Å². The molecule has 3 heteroatoms. The predicted octanol–water partition coefficient (Wildman–Crippen LogP) is 0.583. The first-order valence-corrected chi connectivity index (χ1v) is 3.44. The van der Waals surface area contributed by atoms with Crippen LogP contribution >= 0.6 is 12.4 Å². The van der Waals surface area contributed by atoms with Crippen LogP contribution in [0, 0.1) is 5.92 Å². The molecule has 10 heavy (non-hydrogen) atoms. The van der Waals surface area contributed by atoms with Gasteiger partial charge in [-0.15, -0.1) is 12.4 Å². The van der Waals surface area contributed by atoms with Crippen LogP contribution in [0.15, 0.2) is 12.2 Å². The Kier molecular flexibility index (Phi) is 2.72. The second-order valence-corrected chi connectivity index (χ2v) is 2.64. The van der Waals surface area contributed by atoms with E-state index in [9.17, 15) is 0 Å². The van der Waals surface area contributed by atoms with Gasteiger partial charge in [-0.25, -0.2) is 0 Å². The van der Waals surface area contributed by atoms with Crippen LogP contribution in [0.2, 0.25) is 0 Å². The minimum Gasteiger partial charge on any atom is -0.379 e. The normalized spacial score (nSPS) is 36.8. The van der Waals surface area contributed by atoms with E-state index < -0.39 is 0 Å². The molecule has 2 nitrogen and oxygen atoms in total. The lowest BCUT2D eigenvalue weighted by atomic mass is 10.0. The van der Waals surface area contributed by atoms with E-state index in [1.54, 1.807) is 0 Å². The van der Waals surface area contributed by atoms with Crippen molar-refractivity contribution in [2.45, 2.75) is 6.04 Å². The Hall–Kier alpha value is -0.0500. The molecule has 2 aliphatic heterocycles. The van der Waals surface area contributed by atoms with Gasteiger partial charge in [-0.1, -0.05) is 12.2 Å². The maximum Gasteiger partial charge on any atom is 0.0626 e. The van der Waals surface area contributed by atoms with Crippen LogP contribution in [0.5, 0.6) is 0 Å². The third-order valence-electron chi connectivity index (χ3n) is 2.01. The average Bonchev–Trinajstić information content (AvgIpc) is 2.33. The molecule has 0 radical (unpaired) electrons. The van der Waals surface area contributed by atoms with Crippen LogP contribution < -0.4 is 5.32 Å². The molecular weight excluding hydrogens is 150 g/mol. The van der Waals surface area contributed by atoms with Crippen LogP contribution in [-0.4, -0.2) is 25.8 Å². The van der Waals surface area contributed by atoms with Crippen molar-refractivity contribution >= 4 is 12.4 Å². The zero-order valence-corrected chi connectivity index (χ0v) is 6.56. The summed E-state index contributed by atoms with van der Waals surface area (Å²) in [5.41, 5.74) is 0. The first kappa shape index (κ1) is 8.05. The van der Waals surface area contributed by atoms with Gasteiger partial charge in [0.2, 0.25) is 0 Å². The molecule has 1 N–H and O–H groups in total. The van der Waals surface area contributed by atoms with Crippen molar-refractivity contribution in [1.29, 1.82) is 0 Å². The summed E-state index contributed by atoms with van der Waals surface area (Å²) in [5.74, 6) is 0.652. The van der Waals surface area contributed by atoms with Crippen molar-refractivity contribution in [3.63, 3.8) is 0 Å². The molecule has 2 aliphatic rings. The van der Waals surface area contributed by atoms with Crippen LogP contribution in [-0.2, 0) is 4.74 Å². The zero-order chi connectivity index (χ0) is 6.10. The molecule has 0 aliphatic carbocycles. The van der Waals surface area contributed by atoms with Crippen molar-refractivity contribution < 1.29 is 4.74 Å². The van der Waals surface area contributed by atoms with Crippen LogP contribution in [0.1, 0.15) is 0 Å². The molecule has 1 fully saturated rings. The van der Waals surface area contributed by atoms with E-state index in [0.29, 0.717) is 12.0 Å². The summed E-state index contributed by atoms with van der Waals surface area (Å²) in [6.45, 7) is 2.83. The lowest BCUT2D eigenvalue weighted by Gasteiger charge is -2.18. The summed E-state index contributed by atoms with van der Waals surface area (Å²) in [4.78, 5) is 0. The predicted molar refractivity (Wildman–Crippen MR) is 42.5 cm³/mol. The lowest BCUT2D eigenvalue weighted by Crippen LogP contribution is -2.37. The molecule has 0 amide bonds. The Morgan fingerprint density at radius 1 is 1.40 bits per heavy atom. The number of rotatable bonds is 0. The summed E-state index contributed by atoms with van der Waals surface area (Å²) in [6, 6.07) is 0.606. The summed E-state index contributed by atoms with van der Waals surface area (Å²) in [7, 11) is 0. The van der Waals surface area contributed by atoms with Crippen molar-refractivity contribution in [3.8, 4) is 0 Å². The molecule has 2 atom stereocenters. The van der Waals surface area contributed by atoms with E-state index in [1.165, 1.54) is 0 Å². The quantitative estimate of drug-likeness (QED) is 0.525. The minimum absolute atomic E-state index is 0. The lowest BCUT2D eigenvalue weighted by molar-refractivity contribution is 0.187.